The molecule has 0 saturated carbocycles. The zero-order chi connectivity index (χ0) is 29.5. The summed E-state index contributed by atoms with van der Waals surface area (Å²) in [7, 11) is 0. The van der Waals surface area contributed by atoms with Crippen LogP contribution in [0.5, 0.6) is 0 Å². The number of aryl methyl sites for hydroxylation is 2. The molecule has 1 aromatic carbocycles. The van der Waals surface area contributed by atoms with Gasteiger partial charge in [-0.1, -0.05) is 85.8 Å². The molecular formula is C34H51N5. The van der Waals surface area contributed by atoms with Crippen molar-refractivity contribution in [2.24, 2.45) is 5.41 Å². The van der Waals surface area contributed by atoms with Crippen LogP contribution in [0.4, 0.5) is 17.5 Å². The van der Waals surface area contributed by atoms with Gasteiger partial charge in [-0.25, -0.2) is 9.99 Å². The maximum Gasteiger partial charge on any atom is 0.229 e. The monoisotopic (exact) mass is 529 g/mol. The lowest BCUT2D eigenvalue weighted by Crippen LogP contribution is -2.40. The maximum atomic E-state index is 4.96. The molecule has 2 aromatic rings. The van der Waals surface area contributed by atoms with E-state index in [1.807, 2.05) is 20.0 Å². The number of anilines is 3. The number of hydrogen-bond acceptors (Lipinski definition) is 5. The molecule has 1 aliphatic rings. The maximum absolute atomic E-state index is 4.96. The quantitative estimate of drug-likeness (QED) is 0.328. The van der Waals surface area contributed by atoms with Crippen LogP contribution in [0, 0.1) is 5.41 Å². The van der Waals surface area contributed by atoms with Crippen molar-refractivity contribution < 1.29 is 0 Å². The molecule has 2 heterocycles. The molecule has 5 nitrogen and oxygen atoms in total. The van der Waals surface area contributed by atoms with Crippen LogP contribution in [-0.4, -0.2) is 21.0 Å². The number of rotatable bonds is 9. The normalized spacial score (nSPS) is 13.9. The van der Waals surface area contributed by atoms with Crippen LogP contribution in [0.1, 0.15) is 99.3 Å². The fraction of sp³-hybridized carbons (Fsp3) is 0.471. The third-order valence-corrected chi connectivity index (χ3v) is 6.92. The van der Waals surface area contributed by atoms with Crippen LogP contribution < -0.4 is 10.3 Å². The molecule has 0 spiro atoms. The first-order valence-corrected chi connectivity index (χ1v) is 14.5. The van der Waals surface area contributed by atoms with E-state index in [-0.39, 0.29) is 11.5 Å². The first-order valence-electron chi connectivity index (χ1n) is 14.5. The third kappa shape index (κ3) is 7.62. The molecule has 212 valence electrons. The minimum absolute atomic E-state index is 0.120. The Bertz CT molecular complexity index is 1230. The summed E-state index contributed by atoms with van der Waals surface area (Å²) < 4.78 is 0. The molecule has 3 rings (SSSR count). The Morgan fingerprint density at radius 1 is 1.08 bits per heavy atom. The average Bonchev–Trinajstić information content (AvgIpc) is 3.17. The molecule has 1 aromatic heterocycles. The molecule has 0 bridgehead atoms. The molecule has 1 aliphatic heterocycles. The zero-order valence-corrected chi connectivity index (χ0v) is 26.4. The van der Waals surface area contributed by atoms with Gasteiger partial charge in [0.2, 0.25) is 5.95 Å². The second kappa shape index (κ2) is 13.6. The van der Waals surface area contributed by atoms with E-state index >= 15 is 0 Å². The van der Waals surface area contributed by atoms with Crippen molar-refractivity contribution >= 4 is 23.2 Å². The summed E-state index contributed by atoms with van der Waals surface area (Å²) in [5.74, 6) is 1.35. The molecule has 39 heavy (non-hydrogen) atoms. The van der Waals surface area contributed by atoms with Crippen molar-refractivity contribution in [1.82, 2.24) is 15.0 Å². The van der Waals surface area contributed by atoms with Crippen molar-refractivity contribution in [1.29, 1.82) is 0 Å². The van der Waals surface area contributed by atoms with Crippen molar-refractivity contribution in [3.05, 3.63) is 83.2 Å². The number of hydrogen-bond donors (Lipinski definition) is 1. The SMILES string of the molecule is C=C(/C=C(C)\C=C(/C)C(C)(C)C)N1c2nc(Nc3ccc(CC)c(CCC)c3)ncc2C(=C)N1C(C)C.CC. The van der Waals surface area contributed by atoms with Gasteiger partial charge in [-0.3, -0.25) is 5.01 Å². The highest BCUT2D eigenvalue weighted by molar-refractivity contribution is 5.81. The Kier molecular flexibility index (Phi) is 11.1. The molecule has 1 N–H and O–H groups in total. The van der Waals surface area contributed by atoms with Crippen LogP contribution in [-0.2, 0) is 12.8 Å². The highest BCUT2D eigenvalue weighted by Gasteiger charge is 2.35. The Labute approximate surface area is 238 Å². The van der Waals surface area contributed by atoms with Crippen LogP contribution in [0.2, 0.25) is 0 Å². The summed E-state index contributed by atoms with van der Waals surface area (Å²) in [6.07, 6.45) is 9.43. The first kappa shape index (κ1) is 31.9. The second-order valence-electron chi connectivity index (χ2n) is 11.3. The molecule has 0 fully saturated rings. The summed E-state index contributed by atoms with van der Waals surface area (Å²) in [6.45, 7) is 32.5. The average molecular weight is 530 g/mol. The number of benzene rings is 1. The Morgan fingerprint density at radius 2 is 1.74 bits per heavy atom. The second-order valence-corrected chi connectivity index (χ2v) is 11.3. The van der Waals surface area contributed by atoms with Crippen LogP contribution in [0.15, 0.2) is 66.5 Å². The Hall–Kier alpha value is -3.34. The van der Waals surface area contributed by atoms with Gasteiger partial charge in [-0.05, 0) is 80.9 Å². The molecule has 0 amide bonds. The minimum atomic E-state index is 0.120. The third-order valence-electron chi connectivity index (χ3n) is 6.92. The zero-order valence-electron chi connectivity index (χ0n) is 26.4. The van der Waals surface area contributed by atoms with E-state index < -0.39 is 0 Å². The van der Waals surface area contributed by atoms with Gasteiger partial charge in [-0.15, -0.1) is 0 Å². The lowest BCUT2D eigenvalue weighted by Gasteiger charge is -2.35. The van der Waals surface area contributed by atoms with Crippen molar-refractivity contribution in [2.75, 3.05) is 10.3 Å². The molecule has 0 atom stereocenters. The van der Waals surface area contributed by atoms with E-state index in [1.54, 1.807) is 0 Å². The predicted octanol–water partition coefficient (Wildman–Crippen LogP) is 9.63. The number of fused-ring (bicyclic) bond motifs is 1. The van der Waals surface area contributed by atoms with Crippen LogP contribution in [0.25, 0.3) is 5.70 Å². The fourth-order valence-electron chi connectivity index (χ4n) is 4.56. The Balaban J connectivity index is 0.00000260. The largest absolute Gasteiger partial charge is 0.324 e. The van der Waals surface area contributed by atoms with E-state index in [9.17, 15) is 0 Å². The van der Waals surface area contributed by atoms with E-state index in [0.717, 1.165) is 53.3 Å². The van der Waals surface area contributed by atoms with Crippen molar-refractivity contribution in [3.63, 3.8) is 0 Å². The molecule has 5 heteroatoms. The van der Waals surface area contributed by atoms with Crippen molar-refractivity contribution in [3.8, 4) is 0 Å². The van der Waals surface area contributed by atoms with Crippen molar-refractivity contribution in [2.45, 2.75) is 101 Å². The summed E-state index contributed by atoms with van der Waals surface area (Å²) in [5.41, 5.74) is 9.00. The number of allylic oxidation sites excluding steroid dienone is 4. The van der Waals surface area contributed by atoms with Gasteiger partial charge in [0, 0.05) is 17.9 Å². The van der Waals surface area contributed by atoms with Gasteiger partial charge in [0.25, 0.3) is 0 Å². The van der Waals surface area contributed by atoms with E-state index in [1.165, 1.54) is 16.7 Å². The van der Waals surface area contributed by atoms with Crippen LogP contribution in [0.3, 0.4) is 0 Å². The lowest BCUT2D eigenvalue weighted by molar-refractivity contribution is 0.338. The van der Waals surface area contributed by atoms with Gasteiger partial charge >= 0.3 is 0 Å². The van der Waals surface area contributed by atoms with Gasteiger partial charge < -0.3 is 5.32 Å². The van der Waals surface area contributed by atoms with Gasteiger partial charge in [0.1, 0.15) is 0 Å². The van der Waals surface area contributed by atoms with Gasteiger partial charge in [0.05, 0.1) is 17.0 Å². The van der Waals surface area contributed by atoms with Gasteiger partial charge in [-0.2, -0.15) is 4.98 Å². The van der Waals surface area contributed by atoms with Crippen LogP contribution >= 0.6 is 0 Å². The summed E-state index contributed by atoms with van der Waals surface area (Å²) in [6, 6.07) is 6.72. The number of nitrogens with one attached hydrogen (secondary N) is 1. The number of hydrazine groups is 1. The standard InChI is InChI=1S/C32H45N5.C2H6/c1-12-14-27-19-28(16-15-26(27)13-2)34-31-33-20-29-25(8)36(21(3)4)37(30(29)35-31)24(7)18-22(5)17-23(6)32(9,10)11;1-2/h15-21H,7-8,12-14H2,1-6,9-11H3,(H,33,34,35);1-2H3/b22-18-,23-17+;. The summed E-state index contributed by atoms with van der Waals surface area (Å²) in [4.78, 5) is 9.59. The molecular weight excluding hydrogens is 478 g/mol. The van der Waals surface area contributed by atoms with E-state index in [2.05, 4.69) is 126 Å². The smallest absolute Gasteiger partial charge is 0.229 e. The predicted molar refractivity (Wildman–Crippen MR) is 171 cm³/mol. The molecule has 0 saturated heterocycles. The number of aromatic nitrogens is 2. The highest BCUT2D eigenvalue weighted by atomic mass is 15.7. The molecule has 0 aliphatic carbocycles. The fourth-order valence-corrected chi connectivity index (χ4v) is 4.56. The number of nitrogens with zero attached hydrogens (tertiary/aromatic N) is 4. The summed E-state index contributed by atoms with van der Waals surface area (Å²) >= 11 is 0. The minimum Gasteiger partial charge on any atom is -0.324 e. The van der Waals surface area contributed by atoms with Gasteiger partial charge in [0.15, 0.2) is 5.82 Å². The lowest BCUT2D eigenvalue weighted by atomic mass is 9.86. The summed E-state index contributed by atoms with van der Waals surface area (Å²) in [5, 5.41) is 7.65. The Morgan fingerprint density at radius 3 is 2.31 bits per heavy atom. The highest BCUT2D eigenvalue weighted by Crippen LogP contribution is 2.41. The topological polar surface area (TPSA) is 44.3 Å². The molecule has 0 radical (unpaired) electrons. The van der Waals surface area contributed by atoms with E-state index in [0.29, 0.717) is 5.95 Å². The molecule has 0 unspecified atom stereocenters. The first-order chi connectivity index (χ1) is 18.4. The van der Waals surface area contributed by atoms with E-state index in [4.69, 9.17) is 4.98 Å².